The highest BCUT2D eigenvalue weighted by Crippen LogP contribution is 2.28. The van der Waals surface area contributed by atoms with E-state index < -0.39 is 5.97 Å². The molecule has 6 nitrogen and oxygen atoms in total. The van der Waals surface area contributed by atoms with Crippen LogP contribution >= 0.6 is 0 Å². The lowest BCUT2D eigenvalue weighted by atomic mass is 10.0. The van der Waals surface area contributed by atoms with E-state index in [0.29, 0.717) is 23.7 Å². The van der Waals surface area contributed by atoms with E-state index in [2.05, 4.69) is 5.32 Å². The van der Waals surface area contributed by atoms with Crippen molar-refractivity contribution in [3.05, 3.63) is 59.2 Å². The van der Waals surface area contributed by atoms with E-state index in [-0.39, 0.29) is 18.6 Å². The van der Waals surface area contributed by atoms with Crippen molar-refractivity contribution in [2.75, 3.05) is 20.3 Å². The summed E-state index contributed by atoms with van der Waals surface area (Å²) in [6.45, 7) is 6.00. The number of benzene rings is 2. The second-order valence-corrected chi connectivity index (χ2v) is 6.31. The van der Waals surface area contributed by atoms with Gasteiger partial charge in [0.2, 0.25) is 0 Å². The Labute approximate surface area is 165 Å². The summed E-state index contributed by atoms with van der Waals surface area (Å²) in [6, 6.07) is 12.6. The number of amides is 1. The molecule has 0 aliphatic heterocycles. The summed E-state index contributed by atoms with van der Waals surface area (Å²) in [5, 5.41) is 2.90. The molecule has 0 radical (unpaired) electrons. The highest BCUT2D eigenvalue weighted by molar-refractivity contribution is 5.92. The van der Waals surface area contributed by atoms with E-state index in [4.69, 9.17) is 14.2 Å². The van der Waals surface area contributed by atoms with Gasteiger partial charge < -0.3 is 19.5 Å². The summed E-state index contributed by atoms with van der Waals surface area (Å²) in [7, 11) is 1.50. The van der Waals surface area contributed by atoms with Gasteiger partial charge in [0.25, 0.3) is 5.91 Å². The number of esters is 1. The fraction of sp³-hybridized carbons (Fsp3) is 0.364. The third kappa shape index (κ3) is 5.74. The highest BCUT2D eigenvalue weighted by atomic mass is 16.5. The van der Waals surface area contributed by atoms with Gasteiger partial charge in [-0.15, -0.1) is 0 Å². The molecule has 0 saturated carbocycles. The largest absolute Gasteiger partial charge is 0.493 e. The molecule has 150 valence electrons. The Morgan fingerprint density at radius 2 is 1.75 bits per heavy atom. The van der Waals surface area contributed by atoms with Crippen LogP contribution < -0.4 is 14.8 Å². The van der Waals surface area contributed by atoms with Crippen molar-refractivity contribution in [1.29, 1.82) is 0 Å². The van der Waals surface area contributed by atoms with Gasteiger partial charge in [-0.1, -0.05) is 36.8 Å². The minimum absolute atomic E-state index is 0.127. The maximum atomic E-state index is 12.3. The van der Waals surface area contributed by atoms with Crippen molar-refractivity contribution in [2.45, 2.75) is 33.2 Å². The predicted molar refractivity (Wildman–Crippen MR) is 107 cm³/mol. The molecule has 6 heteroatoms. The van der Waals surface area contributed by atoms with Crippen molar-refractivity contribution in [2.24, 2.45) is 0 Å². The predicted octanol–water partition coefficient (Wildman–Crippen LogP) is 3.83. The van der Waals surface area contributed by atoms with Crippen LogP contribution in [0.1, 0.15) is 47.8 Å². The Kier molecular flexibility index (Phi) is 7.87. The molecular weight excluding hydrogens is 358 g/mol. The van der Waals surface area contributed by atoms with Crippen molar-refractivity contribution in [3.8, 4) is 11.5 Å². The van der Waals surface area contributed by atoms with E-state index in [9.17, 15) is 9.59 Å². The quantitative estimate of drug-likeness (QED) is 0.664. The standard InChI is InChI=1S/C22H27NO5/c1-5-18(16-9-7-15(3)8-10-16)23-21(24)14-28-22(25)17-11-12-19(27-6-2)20(13-17)26-4/h7-13,18H,5-6,14H2,1-4H3,(H,23,24)/t18-/m0/s1. The Hall–Kier alpha value is -3.02. The van der Waals surface area contributed by atoms with Crippen molar-refractivity contribution >= 4 is 11.9 Å². The zero-order valence-electron chi connectivity index (χ0n) is 16.8. The van der Waals surface area contributed by atoms with Crippen LogP contribution in [0.3, 0.4) is 0 Å². The number of rotatable bonds is 9. The number of carbonyl (C=O) groups is 2. The van der Waals surface area contributed by atoms with Crippen molar-refractivity contribution < 1.29 is 23.8 Å². The third-order valence-corrected chi connectivity index (χ3v) is 4.26. The van der Waals surface area contributed by atoms with Crippen molar-refractivity contribution in [3.63, 3.8) is 0 Å². The molecule has 0 spiro atoms. The molecule has 0 aromatic heterocycles. The van der Waals surface area contributed by atoms with E-state index in [1.165, 1.54) is 13.2 Å². The van der Waals surface area contributed by atoms with Gasteiger partial charge in [-0.3, -0.25) is 4.79 Å². The van der Waals surface area contributed by atoms with Crippen LogP contribution in [0.25, 0.3) is 0 Å². The van der Waals surface area contributed by atoms with Gasteiger partial charge in [-0.25, -0.2) is 4.79 Å². The van der Waals surface area contributed by atoms with Crippen LogP contribution in [0.15, 0.2) is 42.5 Å². The Bertz CT molecular complexity index is 801. The van der Waals surface area contributed by atoms with E-state index in [0.717, 1.165) is 17.5 Å². The summed E-state index contributed by atoms with van der Waals surface area (Å²) in [5.74, 6) is 0.0351. The maximum absolute atomic E-state index is 12.3. The number of carbonyl (C=O) groups excluding carboxylic acids is 2. The summed E-state index contributed by atoms with van der Waals surface area (Å²) in [6.07, 6.45) is 0.735. The molecule has 2 aromatic rings. The van der Waals surface area contributed by atoms with Gasteiger partial charge in [-0.05, 0) is 44.0 Å². The first kappa shape index (κ1) is 21.3. The molecule has 2 rings (SSSR count). The molecule has 0 heterocycles. The average molecular weight is 385 g/mol. The monoisotopic (exact) mass is 385 g/mol. The Morgan fingerprint density at radius 3 is 2.36 bits per heavy atom. The van der Waals surface area contributed by atoms with Crippen LogP contribution in [-0.2, 0) is 9.53 Å². The van der Waals surface area contributed by atoms with Crippen molar-refractivity contribution in [1.82, 2.24) is 5.32 Å². The molecule has 0 unspecified atom stereocenters. The first-order chi connectivity index (χ1) is 13.5. The van der Waals surface area contributed by atoms with Gasteiger partial charge in [0, 0.05) is 0 Å². The number of nitrogens with one attached hydrogen (secondary N) is 1. The highest BCUT2D eigenvalue weighted by Gasteiger charge is 2.16. The molecule has 0 aliphatic rings. The zero-order valence-corrected chi connectivity index (χ0v) is 16.8. The van der Waals surface area contributed by atoms with E-state index in [1.807, 2.05) is 45.0 Å². The number of hydrogen-bond donors (Lipinski definition) is 1. The summed E-state index contributed by atoms with van der Waals surface area (Å²) in [5.41, 5.74) is 2.47. The fourth-order valence-corrected chi connectivity index (χ4v) is 2.74. The molecule has 2 aromatic carbocycles. The fourth-order valence-electron chi connectivity index (χ4n) is 2.74. The van der Waals surface area contributed by atoms with E-state index in [1.54, 1.807) is 12.1 Å². The van der Waals surface area contributed by atoms with Gasteiger partial charge in [-0.2, -0.15) is 0 Å². The molecule has 0 aliphatic carbocycles. The van der Waals surface area contributed by atoms with Gasteiger partial charge >= 0.3 is 5.97 Å². The molecule has 28 heavy (non-hydrogen) atoms. The van der Waals surface area contributed by atoms with E-state index >= 15 is 0 Å². The Morgan fingerprint density at radius 1 is 1.04 bits per heavy atom. The molecule has 1 N–H and O–H groups in total. The number of methoxy groups -OCH3 is 1. The number of hydrogen-bond acceptors (Lipinski definition) is 5. The summed E-state index contributed by atoms with van der Waals surface area (Å²) in [4.78, 5) is 24.5. The second-order valence-electron chi connectivity index (χ2n) is 6.31. The van der Waals surface area contributed by atoms with Crippen LogP contribution in [0.4, 0.5) is 0 Å². The molecular formula is C22H27NO5. The molecule has 1 atom stereocenters. The molecule has 0 saturated heterocycles. The SMILES string of the molecule is CCOc1ccc(C(=O)OCC(=O)N[C@@H](CC)c2ccc(C)cc2)cc1OC. The third-order valence-electron chi connectivity index (χ3n) is 4.26. The summed E-state index contributed by atoms with van der Waals surface area (Å²) >= 11 is 0. The second kappa shape index (κ2) is 10.3. The van der Waals surface area contributed by atoms with Crippen LogP contribution in [0.5, 0.6) is 11.5 Å². The average Bonchev–Trinajstić information content (AvgIpc) is 2.71. The maximum Gasteiger partial charge on any atom is 0.338 e. The first-order valence-corrected chi connectivity index (χ1v) is 9.32. The molecule has 0 fully saturated rings. The minimum Gasteiger partial charge on any atom is -0.493 e. The number of aryl methyl sites for hydroxylation is 1. The van der Waals surface area contributed by atoms with Crippen LogP contribution in [-0.4, -0.2) is 32.2 Å². The number of ether oxygens (including phenoxy) is 3. The van der Waals surface area contributed by atoms with Gasteiger partial charge in [0.15, 0.2) is 18.1 Å². The lowest BCUT2D eigenvalue weighted by Crippen LogP contribution is -2.32. The topological polar surface area (TPSA) is 73.9 Å². The Balaban J connectivity index is 1.94. The van der Waals surface area contributed by atoms with Gasteiger partial charge in [0.05, 0.1) is 25.3 Å². The lowest BCUT2D eigenvalue weighted by Gasteiger charge is -2.18. The summed E-state index contributed by atoms with van der Waals surface area (Å²) < 4.78 is 15.8. The minimum atomic E-state index is -0.597. The van der Waals surface area contributed by atoms with Crippen LogP contribution in [0, 0.1) is 6.92 Å². The first-order valence-electron chi connectivity index (χ1n) is 9.32. The lowest BCUT2D eigenvalue weighted by molar-refractivity contribution is -0.125. The van der Waals surface area contributed by atoms with Gasteiger partial charge in [0.1, 0.15) is 0 Å². The zero-order chi connectivity index (χ0) is 20.5. The molecule has 1 amide bonds. The molecule has 0 bridgehead atoms. The smallest absolute Gasteiger partial charge is 0.338 e. The normalized spacial score (nSPS) is 11.4. The van der Waals surface area contributed by atoms with Crippen LogP contribution in [0.2, 0.25) is 0 Å².